The van der Waals surface area contributed by atoms with Crippen LogP contribution in [-0.4, -0.2) is 34.3 Å². The number of methoxy groups -OCH3 is 1. The highest BCUT2D eigenvalue weighted by atomic mass is 16.5. The van der Waals surface area contributed by atoms with E-state index in [4.69, 9.17) is 4.74 Å². The monoisotopic (exact) mass is 329 g/mol. The number of aryl methyl sites for hydroxylation is 1. The van der Waals surface area contributed by atoms with Gasteiger partial charge in [0, 0.05) is 6.07 Å². The first-order valence-corrected chi connectivity index (χ1v) is 7.75. The van der Waals surface area contributed by atoms with Crippen LogP contribution < -0.4 is 10.9 Å². The van der Waals surface area contributed by atoms with E-state index >= 15 is 0 Å². The third-order valence-electron chi connectivity index (χ3n) is 4.39. The lowest BCUT2D eigenvalue weighted by Crippen LogP contribution is -2.59. The number of benzene rings is 1. The summed E-state index contributed by atoms with van der Waals surface area (Å²) in [5.41, 5.74) is 0.493. The molecule has 1 aliphatic carbocycles. The second-order valence-corrected chi connectivity index (χ2v) is 6.06. The molecule has 1 fully saturated rings. The SMILES string of the molecule is COC(=O)C1(NC(=O)c2cc(=O)n(-c3ccc(C)cc3)[nH]2)CCC1. The van der Waals surface area contributed by atoms with Crippen LogP contribution in [0.5, 0.6) is 0 Å². The highest BCUT2D eigenvalue weighted by Crippen LogP contribution is 2.33. The fraction of sp³-hybridized carbons (Fsp3) is 0.353. The molecule has 1 saturated carbocycles. The highest BCUT2D eigenvalue weighted by molar-refractivity contribution is 5.97. The standard InChI is InChI=1S/C17H19N3O4/c1-11-4-6-12(7-5-11)20-14(21)10-13(19-20)15(22)18-17(8-3-9-17)16(23)24-2/h4-7,10,19H,3,8-9H2,1-2H3,(H,18,22). The number of amides is 1. The molecule has 2 N–H and O–H groups in total. The molecular formula is C17H19N3O4. The normalized spacial score (nSPS) is 15.4. The summed E-state index contributed by atoms with van der Waals surface area (Å²) >= 11 is 0. The van der Waals surface area contributed by atoms with Gasteiger partial charge in [0.1, 0.15) is 11.2 Å². The number of aromatic amines is 1. The Morgan fingerprint density at radius 3 is 2.46 bits per heavy atom. The van der Waals surface area contributed by atoms with E-state index in [-0.39, 0.29) is 11.3 Å². The van der Waals surface area contributed by atoms with Crippen LogP contribution in [0, 0.1) is 6.92 Å². The number of nitrogens with one attached hydrogen (secondary N) is 2. The average molecular weight is 329 g/mol. The summed E-state index contributed by atoms with van der Waals surface area (Å²) in [5, 5.41) is 5.49. The van der Waals surface area contributed by atoms with Gasteiger partial charge in [-0.1, -0.05) is 17.7 Å². The number of nitrogens with zero attached hydrogens (tertiary/aromatic N) is 1. The number of H-pyrrole nitrogens is 1. The summed E-state index contributed by atoms with van der Waals surface area (Å²) in [7, 11) is 1.30. The number of ether oxygens (including phenoxy) is 1. The molecule has 0 aliphatic heterocycles. The summed E-state index contributed by atoms with van der Waals surface area (Å²) in [6.45, 7) is 1.95. The Bertz CT molecular complexity index is 828. The zero-order chi connectivity index (χ0) is 17.3. The van der Waals surface area contributed by atoms with Gasteiger partial charge in [-0.25, -0.2) is 9.48 Å². The minimum Gasteiger partial charge on any atom is -0.467 e. The van der Waals surface area contributed by atoms with Crippen LogP contribution >= 0.6 is 0 Å². The predicted octanol–water partition coefficient (Wildman–Crippen LogP) is 1.30. The third kappa shape index (κ3) is 2.73. The molecule has 1 amide bonds. The number of carbonyl (C=O) groups is 2. The van der Waals surface area contributed by atoms with Crippen LogP contribution in [0.25, 0.3) is 5.69 Å². The largest absolute Gasteiger partial charge is 0.467 e. The van der Waals surface area contributed by atoms with Crippen molar-refractivity contribution in [2.24, 2.45) is 0 Å². The first-order valence-electron chi connectivity index (χ1n) is 7.75. The Morgan fingerprint density at radius 2 is 1.92 bits per heavy atom. The van der Waals surface area contributed by atoms with Crippen LogP contribution in [0.4, 0.5) is 0 Å². The van der Waals surface area contributed by atoms with Gasteiger partial charge in [0.15, 0.2) is 0 Å². The van der Waals surface area contributed by atoms with Crippen LogP contribution in [0.15, 0.2) is 35.1 Å². The average Bonchev–Trinajstić information content (AvgIpc) is 2.93. The number of hydrogen-bond acceptors (Lipinski definition) is 4. The van der Waals surface area contributed by atoms with E-state index < -0.39 is 17.4 Å². The van der Waals surface area contributed by atoms with Crippen molar-refractivity contribution in [2.75, 3.05) is 7.11 Å². The van der Waals surface area contributed by atoms with Gasteiger partial charge in [-0.2, -0.15) is 0 Å². The lowest BCUT2D eigenvalue weighted by Gasteiger charge is -2.39. The van der Waals surface area contributed by atoms with Gasteiger partial charge in [0.25, 0.3) is 11.5 Å². The fourth-order valence-electron chi connectivity index (χ4n) is 2.79. The van der Waals surface area contributed by atoms with Gasteiger partial charge in [-0.3, -0.25) is 14.7 Å². The molecule has 0 spiro atoms. The summed E-state index contributed by atoms with van der Waals surface area (Å²) in [5.74, 6) is -0.953. The van der Waals surface area contributed by atoms with Crippen molar-refractivity contribution in [1.29, 1.82) is 0 Å². The number of hydrogen-bond donors (Lipinski definition) is 2. The molecule has 1 aromatic heterocycles. The van der Waals surface area contributed by atoms with E-state index in [1.165, 1.54) is 17.9 Å². The van der Waals surface area contributed by atoms with Crippen molar-refractivity contribution in [3.63, 3.8) is 0 Å². The van der Waals surface area contributed by atoms with Crippen molar-refractivity contribution in [2.45, 2.75) is 31.7 Å². The van der Waals surface area contributed by atoms with Crippen molar-refractivity contribution in [1.82, 2.24) is 15.1 Å². The molecule has 1 heterocycles. The maximum absolute atomic E-state index is 12.4. The number of rotatable bonds is 4. The molecule has 3 rings (SSSR count). The Kier molecular flexibility index (Phi) is 4.01. The van der Waals surface area contributed by atoms with E-state index in [0.717, 1.165) is 12.0 Å². The molecule has 7 nitrogen and oxygen atoms in total. The minimum absolute atomic E-state index is 0.107. The van der Waals surface area contributed by atoms with Gasteiger partial charge >= 0.3 is 5.97 Å². The van der Waals surface area contributed by atoms with Gasteiger partial charge in [-0.15, -0.1) is 0 Å². The van der Waals surface area contributed by atoms with Crippen LogP contribution in [0.3, 0.4) is 0 Å². The van der Waals surface area contributed by atoms with Crippen molar-refractivity contribution in [3.05, 3.63) is 51.9 Å². The van der Waals surface area contributed by atoms with E-state index in [2.05, 4.69) is 10.4 Å². The molecule has 1 aliphatic rings. The molecule has 126 valence electrons. The predicted molar refractivity (Wildman–Crippen MR) is 87.2 cm³/mol. The Labute approximate surface area is 138 Å². The van der Waals surface area contributed by atoms with E-state index in [0.29, 0.717) is 18.5 Å². The first kappa shape index (κ1) is 16.0. The third-order valence-corrected chi connectivity index (χ3v) is 4.39. The second kappa shape index (κ2) is 5.99. The maximum Gasteiger partial charge on any atom is 0.331 e. The number of aromatic nitrogens is 2. The van der Waals surface area contributed by atoms with E-state index in [9.17, 15) is 14.4 Å². The van der Waals surface area contributed by atoms with Gasteiger partial charge < -0.3 is 10.1 Å². The van der Waals surface area contributed by atoms with Crippen molar-refractivity contribution in [3.8, 4) is 5.69 Å². The molecule has 0 unspecified atom stereocenters. The molecule has 1 aromatic carbocycles. The van der Waals surface area contributed by atoms with E-state index in [1.54, 1.807) is 12.1 Å². The zero-order valence-corrected chi connectivity index (χ0v) is 13.6. The highest BCUT2D eigenvalue weighted by Gasteiger charge is 2.46. The fourth-order valence-corrected chi connectivity index (χ4v) is 2.79. The van der Waals surface area contributed by atoms with Gasteiger partial charge in [0.05, 0.1) is 12.8 Å². The topological polar surface area (TPSA) is 93.2 Å². The van der Waals surface area contributed by atoms with Crippen LogP contribution in [-0.2, 0) is 9.53 Å². The summed E-state index contributed by atoms with van der Waals surface area (Å²) < 4.78 is 6.06. The maximum atomic E-state index is 12.4. The minimum atomic E-state index is -0.978. The molecule has 0 saturated heterocycles. The van der Waals surface area contributed by atoms with Crippen molar-refractivity contribution < 1.29 is 14.3 Å². The van der Waals surface area contributed by atoms with Crippen LogP contribution in [0.1, 0.15) is 35.3 Å². The van der Waals surface area contributed by atoms with Crippen LogP contribution in [0.2, 0.25) is 0 Å². The van der Waals surface area contributed by atoms with E-state index in [1.807, 2.05) is 19.1 Å². The second-order valence-electron chi connectivity index (χ2n) is 6.06. The molecule has 0 radical (unpaired) electrons. The quantitative estimate of drug-likeness (QED) is 0.827. The number of carbonyl (C=O) groups excluding carboxylic acids is 2. The Balaban J connectivity index is 1.84. The van der Waals surface area contributed by atoms with Crippen molar-refractivity contribution >= 4 is 11.9 Å². The lowest BCUT2D eigenvalue weighted by atomic mass is 9.76. The van der Waals surface area contributed by atoms with Gasteiger partial charge in [-0.05, 0) is 38.3 Å². The Morgan fingerprint density at radius 1 is 1.25 bits per heavy atom. The zero-order valence-electron chi connectivity index (χ0n) is 13.6. The summed E-state index contributed by atoms with van der Waals surface area (Å²) in [6, 6.07) is 8.55. The molecular weight excluding hydrogens is 310 g/mol. The molecule has 2 aromatic rings. The Hall–Kier alpha value is -2.83. The lowest BCUT2D eigenvalue weighted by molar-refractivity contribution is -0.152. The molecule has 0 atom stereocenters. The summed E-state index contributed by atoms with van der Waals surface area (Å²) in [6.07, 6.45) is 1.92. The molecule has 24 heavy (non-hydrogen) atoms. The molecule has 7 heteroatoms. The molecule has 0 bridgehead atoms. The smallest absolute Gasteiger partial charge is 0.331 e. The summed E-state index contributed by atoms with van der Waals surface area (Å²) in [4.78, 5) is 36.4. The first-order chi connectivity index (χ1) is 11.4. The van der Waals surface area contributed by atoms with Gasteiger partial charge in [0.2, 0.25) is 0 Å². The number of esters is 1.